The summed E-state index contributed by atoms with van der Waals surface area (Å²) < 4.78 is 1.74. The van der Waals surface area contributed by atoms with E-state index in [-0.39, 0.29) is 5.91 Å². The van der Waals surface area contributed by atoms with Gasteiger partial charge in [0.1, 0.15) is 6.33 Å². The molecule has 3 aromatic rings. The summed E-state index contributed by atoms with van der Waals surface area (Å²) in [6.45, 7) is 2.00. The van der Waals surface area contributed by atoms with E-state index in [1.165, 1.54) is 0 Å². The van der Waals surface area contributed by atoms with Gasteiger partial charge in [0.2, 0.25) is 0 Å². The predicted octanol–water partition coefficient (Wildman–Crippen LogP) is 3.63. The van der Waals surface area contributed by atoms with Gasteiger partial charge >= 0.3 is 0 Å². The van der Waals surface area contributed by atoms with Crippen molar-refractivity contribution in [3.05, 3.63) is 64.0 Å². The number of pyridine rings is 1. The standard InChI is InChI=1S/C19H21Cl2N5O/c1-24(2)8-3-9-25(11-14-4-6-16(20)17(21)10-14)19(27)15-5-7-18-23-22-13-26(18)12-15/h4-7,10,12-13H,3,8-9,11H2,1-2H3. The Morgan fingerprint density at radius 2 is 1.93 bits per heavy atom. The Labute approximate surface area is 168 Å². The van der Waals surface area contributed by atoms with Gasteiger partial charge in [-0.2, -0.15) is 0 Å². The van der Waals surface area contributed by atoms with Gasteiger partial charge in [-0.25, -0.2) is 0 Å². The largest absolute Gasteiger partial charge is 0.334 e. The van der Waals surface area contributed by atoms with E-state index < -0.39 is 0 Å². The number of carbonyl (C=O) groups is 1. The summed E-state index contributed by atoms with van der Waals surface area (Å²) in [6, 6.07) is 9.02. The highest BCUT2D eigenvalue weighted by Gasteiger charge is 2.17. The van der Waals surface area contributed by atoms with Crippen LogP contribution in [-0.4, -0.2) is 57.5 Å². The molecule has 0 bridgehead atoms. The number of nitrogens with zero attached hydrogens (tertiary/aromatic N) is 5. The van der Waals surface area contributed by atoms with Crippen LogP contribution in [0, 0.1) is 0 Å². The molecule has 0 aliphatic rings. The normalized spacial score (nSPS) is 11.3. The molecule has 6 nitrogen and oxygen atoms in total. The highest BCUT2D eigenvalue weighted by molar-refractivity contribution is 6.42. The van der Waals surface area contributed by atoms with Crippen molar-refractivity contribution in [2.45, 2.75) is 13.0 Å². The van der Waals surface area contributed by atoms with Gasteiger partial charge in [0.05, 0.1) is 15.6 Å². The second kappa shape index (κ2) is 8.69. The lowest BCUT2D eigenvalue weighted by molar-refractivity contribution is 0.0737. The maximum atomic E-state index is 13.1. The van der Waals surface area contributed by atoms with Gasteiger partial charge < -0.3 is 9.80 Å². The monoisotopic (exact) mass is 405 g/mol. The van der Waals surface area contributed by atoms with Crippen LogP contribution in [0.25, 0.3) is 5.65 Å². The van der Waals surface area contributed by atoms with Crippen LogP contribution in [0.1, 0.15) is 22.3 Å². The van der Waals surface area contributed by atoms with Crippen molar-refractivity contribution in [2.24, 2.45) is 0 Å². The molecule has 27 heavy (non-hydrogen) atoms. The van der Waals surface area contributed by atoms with E-state index in [0.717, 1.165) is 18.5 Å². The quantitative estimate of drug-likeness (QED) is 0.602. The van der Waals surface area contributed by atoms with E-state index in [4.69, 9.17) is 23.2 Å². The number of fused-ring (bicyclic) bond motifs is 1. The SMILES string of the molecule is CN(C)CCCN(Cc1ccc(Cl)c(Cl)c1)C(=O)c1ccc2nncn2c1. The third-order valence-electron chi connectivity index (χ3n) is 4.22. The molecular formula is C19H21Cl2N5O. The van der Waals surface area contributed by atoms with Crippen molar-refractivity contribution >= 4 is 34.8 Å². The first kappa shape index (κ1) is 19.6. The summed E-state index contributed by atoms with van der Waals surface area (Å²) in [5.74, 6) is -0.0459. The smallest absolute Gasteiger partial charge is 0.255 e. The average molecular weight is 406 g/mol. The van der Waals surface area contributed by atoms with Gasteiger partial charge in [-0.1, -0.05) is 29.3 Å². The number of benzene rings is 1. The highest BCUT2D eigenvalue weighted by atomic mass is 35.5. The minimum atomic E-state index is -0.0459. The molecule has 0 aliphatic carbocycles. The third-order valence-corrected chi connectivity index (χ3v) is 4.95. The van der Waals surface area contributed by atoms with Gasteiger partial charge in [0.25, 0.3) is 5.91 Å². The van der Waals surface area contributed by atoms with Crippen LogP contribution in [0.15, 0.2) is 42.9 Å². The lowest BCUT2D eigenvalue weighted by Gasteiger charge is -2.24. The maximum Gasteiger partial charge on any atom is 0.255 e. The molecule has 1 aromatic carbocycles. The fraction of sp³-hybridized carbons (Fsp3) is 0.316. The molecule has 0 atom stereocenters. The van der Waals surface area contributed by atoms with Crippen LogP contribution >= 0.6 is 23.2 Å². The second-order valence-electron chi connectivity index (χ2n) is 6.65. The molecule has 0 saturated heterocycles. The number of halogens is 2. The van der Waals surface area contributed by atoms with Crippen molar-refractivity contribution in [3.63, 3.8) is 0 Å². The Hall–Kier alpha value is -2.15. The molecular weight excluding hydrogens is 385 g/mol. The summed E-state index contributed by atoms with van der Waals surface area (Å²) in [6.07, 6.45) is 4.21. The Morgan fingerprint density at radius 1 is 1.11 bits per heavy atom. The van der Waals surface area contributed by atoms with Crippen molar-refractivity contribution in [2.75, 3.05) is 27.2 Å². The highest BCUT2D eigenvalue weighted by Crippen LogP contribution is 2.23. The minimum absolute atomic E-state index is 0.0459. The van der Waals surface area contributed by atoms with E-state index in [2.05, 4.69) is 15.1 Å². The van der Waals surface area contributed by atoms with Crippen LogP contribution in [0.4, 0.5) is 0 Å². The summed E-state index contributed by atoms with van der Waals surface area (Å²) in [5.41, 5.74) is 2.23. The van der Waals surface area contributed by atoms with Crippen LogP contribution in [0.3, 0.4) is 0 Å². The first-order valence-corrected chi connectivity index (χ1v) is 9.37. The maximum absolute atomic E-state index is 13.1. The average Bonchev–Trinajstić information content (AvgIpc) is 3.10. The number of hydrogen-bond acceptors (Lipinski definition) is 4. The molecule has 2 heterocycles. The number of aromatic nitrogens is 3. The van der Waals surface area contributed by atoms with Crippen molar-refractivity contribution < 1.29 is 4.79 Å². The fourth-order valence-electron chi connectivity index (χ4n) is 2.83. The summed E-state index contributed by atoms with van der Waals surface area (Å²) in [7, 11) is 4.04. The van der Waals surface area contributed by atoms with E-state index in [0.29, 0.717) is 34.3 Å². The Kier molecular flexibility index (Phi) is 6.31. The number of amides is 1. The first-order valence-electron chi connectivity index (χ1n) is 8.61. The molecule has 2 aromatic heterocycles. The number of carbonyl (C=O) groups excluding carboxylic acids is 1. The summed E-state index contributed by atoms with van der Waals surface area (Å²) >= 11 is 12.1. The molecule has 0 aliphatic heterocycles. The minimum Gasteiger partial charge on any atom is -0.334 e. The van der Waals surface area contributed by atoms with Crippen LogP contribution in [-0.2, 0) is 6.54 Å². The van der Waals surface area contributed by atoms with Gasteiger partial charge in [0, 0.05) is 19.3 Å². The molecule has 142 valence electrons. The Bertz CT molecular complexity index is 941. The topological polar surface area (TPSA) is 53.7 Å². The zero-order valence-electron chi connectivity index (χ0n) is 15.3. The summed E-state index contributed by atoms with van der Waals surface area (Å²) in [4.78, 5) is 17.1. The Balaban J connectivity index is 1.82. The van der Waals surface area contributed by atoms with Crippen LogP contribution < -0.4 is 0 Å². The number of rotatable bonds is 7. The zero-order valence-corrected chi connectivity index (χ0v) is 16.8. The zero-order chi connectivity index (χ0) is 19.4. The molecule has 0 radical (unpaired) electrons. The molecule has 0 fully saturated rings. The van der Waals surface area contributed by atoms with E-state index in [9.17, 15) is 4.79 Å². The first-order chi connectivity index (χ1) is 12.9. The van der Waals surface area contributed by atoms with Crippen LogP contribution in [0.2, 0.25) is 10.0 Å². The second-order valence-corrected chi connectivity index (χ2v) is 7.46. The number of hydrogen-bond donors (Lipinski definition) is 0. The van der Waals surface area contributed by atoms with E-state index in [1.54, 1.807) is 41.2 Å². The van der Waals surface area contributed by atoms with E-state index in [1.807, 2.05) is 25.1 Å². The molecule has 3 rings (SSSR count). The lowest BCUT2D eigenvalue weighted by atomic mass is 10.1. The molecule has 0 unspecified atom stereocenters. The Morgan fingerprint density at radius 3 is 2.67 bits per heavy atom. The van der Waals surface area contributed by atoms with Gasteiger partial charge in [0.15, 0.2) is 5.65 Å². The van der Waals surface area contributed by atoms with E-state index >= 15 is 0 Å². The van der Waals surface area contributed by atoms with Gasteiger partial charge in [-0.15, -0.1) is 10.2 Å². The molecule has 0 N–H and O–H groups in total. The van der Waals surface area contributed by atoms with Crippen molar-refractivity contribution in [1.29, 1.82) is 0 Å². The van der Waals surface area contributed by atoms with Gasteiger partial charge in [-0.3, -0.25) is 9.20 Å². The molecule has 8 heteroatoms. The van der Waals surface area contributed by atoms with Crippen molar-refractivity contribution in [1.82, 2.24) is 24.4 Å². The molecule has 1 amide bonds. The fourth-order valence-corrected chi connectivity index (χ4v) is 3.15. The van der Waals surface area contributed by atoms with Crippen LogP contribution in [0.5, 0.6) is 0 Å². The van der Waals surface area contributed by atoms with Crippen molar-refractivity contribution in [3.8, 4) is 0 Å². The molecule has 0 spiro atoms. The predicted molar refractivity (Wildman–Crippen MR) is 107 cm³/mol. The van der Waals surface area contributed by atoms with Gasteiger partial charge in [-0.05, 0) is 56.9 Å². The third kappa shape index (κ3) is 4.97. The lowest BCUT2D eigenvalue weighted by Crippen LogP contribution is -2.33. The summed E-state index contributed by atoms with van der Waals surface area (Å²) in [5, 5.41) is 8.82. The molecule has 0 saturated carbocycles.